The van der Waals surface area contributed by atoms with E-state index in [4.69, 9.17) is 21.1 Å². The Morgan fingerprint density at radius 3 is 2.28 bits per heavy atom. The number of halogens is 1. The second-order valence-corrected chi connectivity index (χ2v) is 7.43. The molecule has 32 heavy (non-hydrogen) atoms. The van der Waals surface area contributed by atoms with Gasteiger partial charge in [-0.1, -0.05) is 23.7 Å². The van der Waals surface area contributed by atoms with Gasteiger partial charge in [0.1, 0.15) is 0 Å². The molecular weight excluding hydrogens is 432 g/mol. The van der Waals surface area contributed by atoms with Crippen LogP contribution in [0.5, 0.6) is 11.5 Å². The summed E-state index contributed by atoms with van der Waals surface area (Å²) in [5, 5.41) is 0.800. The summed E-state index contributed by atoms with van der Waals surface area (Å²) in [4.78, 5) is 39.6. The number of ether oxygens (including phenoxy) is 2. The number of ketones is 1. The summed E-state index contributed by atoms with van der Waals surface area (Å²) in [6.45, 7) is -0.261. The van der Waals surface area contributed by atoms with Crippen molar-refractivity contribution >= 4 is 28.3 Å². The summed E-state index contributed by atoms with van der Waals surface area (Å²) in [7, 11) is 2.98. The van der Waals surface area contributed by atoms with E-state index in [1.165, 1.54) is 18.8 Å². The summed E-state index contributed by atoms with van der Waals surface area (Å²) in [6.07, 6.45) is 0. The molecule has 7 nitrogen and oxygen atoms in total. The number of aromatic nitrogens is 2. The summed E-state index contributed by atoms with van der Waals surface area (Å²) in [5.41, 5.74) is -0.000490. The molecule has 4 aromatic rings. The van der Waals surface area contributed by atoms with E-state index in [9.17, 15) is 14.4 Å². The molecule has 0 radical (unpaired) electrons. The summed E-state index contributed by atoms with van der Waals surface area (Å²) in [5.74, 6) is 0.573. The van der Waals surface area contributed by atoms with Gasteiger partial charge in [0, 0.05) is 10.6 Å². The third kappa shape index (κ3) is 3.78. The summed E-state index contributed by atoms with van der Waals surface area (Å²) in [6, 6.07) is 17.8. The van der Waals surface area contributed by atoms with Crippen LogP contribution in [0.4, 0.5) is 0 Å². The highest BCUT2D eigenvalue weighted by atomic mass is 35.5. The van der Waals surface area contributed by atoms with E-state index in [1.807, 2.05) is 0 Å². The lowest BCUT2D eigenvalue weighted by Gasteiger charge is -2.14. The maximum atomic E-state index is 13.4. The van der Waals surface area contributed by atoms with Crippen LogP contribution in [0.3, 0.4) is 0 Å². The average Bonchev–Trinajstić information content (AvgIpc) is 2.82. The van der Waals surface area contributed by atoms with E-state index in [2.05, 4.69) is 0 Å². The van der Waals surface area contributed by atoms with Gasteiger partial charge >= 0.3 is 5.69 Å². The molecule has 0 saturated heterocycles. The van der Waals surface area contributed by atoms with Crippen molar-refractivity contribution in [2.75, 3.05) is 14.2 Å². The molecule has 0 aliphatic heterocycles. The van der Waals surface area contributed by atoms with Gasteiger partial charge < -0.3 is 9.47 Å². The van der Waals surface area contributed by atoms with Crippen molar-refractivity contribution in [2.24, 2.45) is 0 Å². The average molecular weight is 451 g/mol. The molecule has 0 N–H and O–H groups in total. The second-order valence-electron chi connectivity index (χ2n) is 7.00. The van der Waals surface area contributed by atoms with Crippen LogP contribution in [0.15, 0.2) is 76.3 Å². The van der Waals surface area contributed by atoms with E-state index in [0.29, 0.717) is 38.7 Å². The Morgan fingerprint density at radius 2 is 1.59 bits per heavy atom. The molecule has 8 heteroatoms. The smallest absolute Gasteiger partial charge is 0.336 e. The predicted octanol–water partition coefficient (Wildman–Crippen LogP) is 3.71. The van der Waals surface area contributed by atoms with E-state index < -0.39 is 11.2 Å². The van der Waals surface area contributed by atoms with Crippen molar-refractivity contribution in [1.29, 1.82) is 0 Å². The van der Waals surface area contributed by atoms with Crippen molar-refractivity contribution in [1.82, 2.24) is 9.13 Å². The zero-order chi connectivity index (χ0) is 22.8. The second kappa shape index (κ2) is 8.72. The van der Waals surface area contributed by atoms with E-state index in [1.54, 1.807) is 66.7 Å². The van der Waals surface area contributed by atoms with Gasteiger partial charge in [0.05, 0.1) is 37.4 Å². The van der Waals surface area contributed by atoms with Crippen molar-refractivity contribution < 1.29 is 14.3 Å². The van der Waals surface area contributed by atoms with E-state index in [0.717, 1.165) is 4.57 Å². The Bertz CT molecular complexity index is 1440. The van der Waals surface area contributed by atoms with Crippen molar-refractivity contribution in [3.63, 3.8) is 0 Å². The van der Waals surface area contributed by atoms with Crippen molar-refractivity contribution in [3.8, 4) is 17.2 Å². The van der Waals surface area contributed by atoms with Crippen LogP contribution in [0.25, 0.3) is 16.6 Å². The molecule has 0 bridgehead atoms. The van der Waals surface area contributed by atoms with Gasteiger partial charge in [0.2, 0.25) is 0 Å². The molecule has 0 unspecified atom stereocenters. The minimum Gasteiger partial charge on any atom is -0.493 e. The highest BCUT2D eigenvalue weighted by molar-refractivity contribution is 6.30. The molecule has 0 saturated carbocycles. The van der Waals surface area contributed by atoms with Crippen LogP contribution in [0.1, 0.15) is 10.4 Å². The molecule has 0 fully saturated rings. The number of hydrogen-bond acceptors (Lipinski definition) is 5. The lowest BCUT2D eigenvalue weighted by molar-refractivity contribution is 0.0971. The van der Waals surface area contributed by atoms with Crippen LogP contribution in [-0.2, 0) is 6.54 Å². The standard InChI is InChI=1S/C24H19ClN2O5/c1-31-21-12-7-15(13-22(21)32-2)20(28)14-26-19-6-4-3-5-18(19)23(29)27(24(26)30)17-10-8-16(25)9-11-17/h3-13H,14H2,1-2H3. The lowest BCUT2D eigenvalue weighted by atomic mass is 10.1. The Morgan fingerprint density at radius 1 is 0.906 bits per heavy atom. The first kappa shape index (κ1) is 21.4. The zero-order valence-corrected chi connectivity index (χ0v) is 18.1. The quantitative estimate of drug-likeness (QED) is 0.418. The highest BCUT2D eigenvalue weighted by Crippen LogP contribution is 2.28. The molecule has 0 aliphatic rings. The number of benzene rings is 3. The van der Waals surface area contributed by atoms with Crippen LogP contribution >= 0.6 is 11.6 Å². The maximum Gasteiger partial charge on any atom is 0.336 e. The third-order valence-electron chi connectivity index (χ3n) is 5.14. The van der Waals surface area contributed by atoms with Gasteiger partial charge in [-0.15, -0.1) is 0 Å². The number of rotatable bonds is 6. The van der Waals surface area contributed by atoms with Gasteiger partial charge in [-0.05, 0) is 54.6 Å². The molecule has 0 amide bonds. The SMILES string of the molecule is COc1ccc(C(=O)Cn2c(=O)n(-c3ccc(Cl)cc3)c(=O)c3ccccc32)cc1OC. The van der Waals surface area contributed by atoms with Gasteiger partial charge in [0.15, 0.2) is 17.3 Å². The molecular formula is C24H19ClN2O5. The van der Waals surface area contributed by atoms with Crippen LogP contribution < -0.4 is 20.7 Å². The van der Waals surface area contributed by atoms with Gasteiger partial charge in [-0.3, -0.25) is 14.2 Å². The normalized spacial score (nSPS) is 10.8. The van der Waals surface area contributed by atoms with E-state index in [-0.39, 0.29) is 12.3 Å². The minimum absolute atomic E-state index is 0.261. The number of hydrogen-bond donors (Lipinski definition) is 0. The topological polar surface area (TPSA) is 79.5 Å². The van der Waals surface area contributed by atoms with Gasteiger partial charge in [-0.25, -0.2) is 9.36 Å². The number of carbonyl (C=O) groups is 1. The van der Waals surface area contributed by atoms with Crippen LogP contribution in [0.2, 0.25) is 5.02 Å². The fourth-order valence-corrected chi connectivity index (χ4v) is 3.66. The predicted molar refractivity (Wildman–Crippen MR) is 123 cm³/mol. The lowest BCUT2D eigenvalue weighted by Crippen LogP contribution is -2.40. The summed E-state index contributed by atoms with van der Waals surface area (Å²) >= 11 is 5.95. The minimum atomic E-state index is -0.621. The molecule has 0 spiro atoms. The molecule has 0 atom stereocenters. The fourth-order valence-electron chi connectivity index (χ4n) is 3.54. The summed E-state index contributed by atoms with van der Waals surface area (Å²) < 4.78 is 12.8. The molecule has 3 aromatic carbocycles. The number of fused-ring (bicyclic) bond motifs is 1. The molecule has 1 aromatic heterocycles. The Kier molecular flexibility index (Phi) is 5.83. The first-order valence-corrected chi connectivity index (χ1v) is 10.1. The number of carbonyl (C=O) groups excluding carboxylic acids is 1. The molecule has 0 aliphatic carbocycles. The highest BCUT2D eigenvalue weighted by Gasteiger charge is 2.18. The first-order valence-electron chi connectivity index (χ1n) is 9.70. The number of Topliss-reactive ketones (excluding diaryl/α,β-unsaturated/α-hetero) is 1. The van der Waals surface area contributed by atoms with Crippen molar-refractivity contribution in [2.45, 2.75) is 6.54 Å². The third-order valence-corrected chi connectivity index (χ3v) is 5.39. The number of nitrogens with zero attached hydrogens (tertiary/aromatic N) is 2. The van der Waals surface area contributed by atoms with Gasteiger partial charge in [0.25, 0.3) is 5.56 Å². The zero-order valence-electron chi connectivity index (χ0n) is 17.4. The first-order chi connectivity index (χ1) is 15.4. The van der Waals surface area contributed by atoms with E-state index >= 15 is 0 Å². The monoisotopic (exact) mass is 450 g/mol. The molecule has 162 valence electrons. The van der Waals surface area contributed by atoms with Crippen LogP contribution in [-0.4, -0.2) is 29.1 Å². The molecule has 4 rings (SSSR count). The van der Waals surface area contributed by atoms with Gasteiger partial charge in [-0.2, -0.15) is 0 Å². The molecule has 1 heterocycles. The number of para-hydroxylation sites is 1. The number of methoxy groups -OCH3 is 2. The largest absolute Gasteiger partial charge is 0.493 e. The Balaban J connectivity index is 1.87. The van der Waals surface area contributed by atoms with Crippen molar-refractivity contribution in [3.05, 3.63) is 98.2 Å². The maximum absolute atomic E-state index is 13.4. The Labute approximate surface area is 188 Å². The Hall–Kier alpha value is -3.84. The fraction of sp³-hybridized carbons (Fsp3) is 0.125. The van der Waals surface area contributed by atoms with Crippen LogP contribution in [0, 0.1) is 0 Å².